The van der Waals surface area contributed by atoms with Gasteiger partial charge in [0.15, 0.2) is 10.8 Å². The van der Waals surface area contributed by atoms with Gasteiger partial charge in [-0.2, -0.15) is 5.10 Å². The lowest BCUT2D eigenvalue weighted by atomic mass is 10.1. The van der Waals surface area contributed by atoms with E-state index in [4.69, 9.17) is 17.4 Å². The second kappa shape index (κ2) is 7.35. The molecule has 0 saturated heterocycles. The number of hydrazone groups is 1. The van der Waals surface area contributed by atoms with Gasteiger partial charge in [-0.05, 0) is 48.6 Å². The maximum Gasteiger partial charge on any atom is 0.279 e. The largest absolute Gasteiger partial charge is 0.331 e. The van der Waals surface area contributed by atoms with Crippen molar-refractivity contribution >= 4 is 66.3 Å². The SMILES string of the molecule is CN1C(=O)C(=NNC(=S)Nc2cccc(S(N)(=O)=O)c2)c2ccc(Br)cc21. The Hall–Kier alpha value is -2.34. The summed E-state index contributed by atoms with van der Waals surface area (Å²) in [5, 5.41) is 12.1. The predicted molar refractivity (Wildman–Crippen MR) is 111 cm³/mol. The van der Waals surface area contributed by atoms with E-state index in [1.54, 1.807) is 19.2 Å². The third-order valence-electron chi connectivity index (χ3n) is 3.77. The van der Waals surface area contributed by atoms with Gasteiger partial charge < -0.3 is 10.2 Å². The maximum absolute atomic E-state index is 12.4. The van der Waals surface area contributed by atoms with E-state index in [1.165, 1.54) is 23.1 Å². The minimum atomic E-state index is -3.82. The number of sulfonamides is 1. The number of hydrogen-bond acceptors (Lipinski definition) is 5. The number of nitrogens with one attached hydrogen (secondary N) is 2. The Morgan fingerprint density at radius 1 is 1.26 bits per heavy atom. The quantitative estimate of drug-likeness (QED) is 0.467. The monoisotopic (exact) mass is 467 g/mol. The molecule has 0 atom stereocenters. The summed E-state index contributed by atoms with van der Waals surface area (Å²) in [6, 6.07) is 11.3. The van der Waals surface area contributed by atoms with E-state index < -0.39 is 10.0 Å². The molecule has 1 aliphatic heterocycles. The average Bonchev–Trinajstić information content (AvgIpc) is 2.83. The lowest BCUT2D eigenvalue weighted by Crippen LogP contribution is -2.30. The number of rotatable bonds is 3. The summed E-state index contributed by atoms with van der Waals surface area (Å²) in [4.78, 5) is 13.8. The van der Waals surface area contributed by atoms with Gasteiger partial charge >= 0.3 is 0 Å². The molecule has 1 heterocycles. The highest BCUT2D eigenvalue weighted by Gasteiger charge is 2.31. The van der Waals surface area contributed by atoms with Gasteiger partial charge in [0.2, 0.25) is 10.0 Å². The summed E-state index contributed by atoms with van der Waals surface area (Å²) < 4.78 is 23.7. The second-order valence-corrected chi connectivity index (χ2v) is 8.51. The van der Waals surface area contributed by atoms with E-state index in [0.717, 1.165) is 10.2 Å². The van der Waals surface area contributed by atoms with Crippen LogP contribution >= 0.6 is 28.1 Å². The van der Waals surface area contributed by atoms with E-state index in [-0.39, 0.29) is 21.6 Å². The van der Waals surface area contributed by atoms with Gasteiger partial charge in [0.25, 0.3) is 5.91 Å². The Bertz CT molecular complexity index is 1090. The van der Waals surface area contributed by atoms with Crippen molar-refractivity contribution in [1.29, 1.82) is 0 Å². The topological polar surface area (TPSA) is 117 Å². The number of halogens is 1. The van der Waals surface area contributed by atoms with Crippen LogP contribution in [0.5, 0.6) is 0 Å². The molecule has 3 rings (SSSR count). The summed E-state index contributed by atoms with van der Waals surface area (Å²) in [7, 11) is -2.16. The van der Waals surface area contributed by atoms with Crippen molar-refractivity contribution in [2.24, 2.45) is 10.2 Å². The Morgan fingerprint density at radius 2 is 2.00 bits per heavy atom. The van der Waals surface area contributed by atoms with E-state index in [2.05, 4.69) is 31.8 Å². The number of nitrogens with zero attached hydrogens (tertiary/aromatic N) is 2. The molecule has 0 fully saturated rings. The van der Waals surface area contributed by atoms with Gasteiger partial charge in [-0.25, -0.2) is 13.6 Å². The number of carbonyl (C=O) groups is 1. The number of amides is 1. The number of carbonyl (C=O) groups excluding carboxylic acids is 1. The highest BCUT2D eigenvalue weighted by Crippen LogP contribution is 2.30. The van der Waals surface area contributed by atoms with Crippen molar-refractivity contribution in [2.45, 2.75) is 4.90 Å². The first-order chi connectivity index (χ1) is 12.7. The van der Waals surface area contributed by atoms with Crippen LogP contribution in [0, 0.1) is 0 Å². The van der Waals surface area contributed by atoms with E-state index in [1.807, 2.05) is 12.1 Å². The molecule has 140 valence electrons. The fraction of sp³-hybridized carbons (Fsp3) is 0.0625. The zero-order valence-electron chi connectivity index (χ0n) is 13.9. The molecule has 11 heteroatoms. The van der Waals surface area contributed by atoms with Crippen LogP contribution in [0.25, 0.3) is 0 Å². The summed E-state index contributed by atoms with van der Waals surface area (Å²) >= 11 is 8.53. The van der Waals surface area contributed by atoms with Crippen molar-refractivity contribution in [3.8, 4) is 0 Å². The first-order valence-corrected chi connectivity index (χ1v) is 10.3. The van der Waals surface area contributed by atoms with Crippen molar-refractivity contribution in [3.63, 3.8) is 0 Å². The van der Waals surface area contributed by atoms with E-state index >= 15 is 0 Å². The van der Waals surface area contributed by atoms with Crippen LogP contribution < -0.4 is 20.8 Å². The molecule has 27 heavy (non-hydrogen) atoms. The summed E-state index contributed by atoms with van der Waals surface area (Å²) in [6.07, 6.45) is 0. The molecular formula is C16H14BrN5O3S2. The molecule has 2 aromatic carbocycles. The number of likely N-dealkylation sites (N-methyl/N-ethyl adjacent to an activating group) is 1. The number of nitrogens with two attached hydrogens (primary N) is 1. The summed E-state index contributed by atoms with van der Waals surface area (Å²) in [5.74, 6) is -0.269. The minimum absolute atomic E-state index is 0.0475. The molecule has 0 saturated carbocycles. The summed E-state index contributed by atoms with van der Waals surface area (Å²) in [5.41, 5.74) is 4.65. The van der Waals surface area contributed by atoms with Gasteiger partial charge in [0.1, 0.15) is 0 Å². The van der Waals surface area contributed by atoms with Gasteiger partial charge in [-0.3, -0.25) is 10.2 Å². The standard InChI is InChI=1S/C16H14BrN5O3S2/c1-22-13-7-9(17)5-6-12(13)14(15(22)23)20-21-16(26)19-10-3-2-4-11(8-10)27(18,24)25/h2-8H,1H3,(H2,18,24,25)(H2,19,21,26). The van der Waals surface area contributed by atoms with Gasteiger partial charge in [-0.15, -0.1) is 0 Å². The first kappa shape index (κ1) is 19.4. The molecule has 1 aliphatic rings. The Balaban J connectivity index is 1.77. The molecule has 0 unspecified atom stereocenters. The zero-order chi connectivity index (χ0) is 19.8. The highest BCUT2D eigenvalue weighted by atomic mass is 79.9. The Kier molecular flexibility index (Phi) is 5.29. The molecule has 0 aliphatic carbocycles. The van der Waals surface area contributed by atoms with Gasteiger partial charge in [-0.1, -0.05) is 22.0 Å². The fourth-order valence-electron chi connectivity index (χ4n) is 2.49. The minimum Gasteiger partial charge on any atom is -0.331 e. The van der Waals surface area contributed by atoms with Gasteiger partial charge in [0, 0.05) is 22.8 Å². The van der Waals surface area contributed by atoms with Crippen LogP contribution in [0.15, 0.2) is 56.9 Å². The average molecular weight is 468 g/mol. The number of benzene rings is 2. The lowest BCUT2D eigenvalue weighted by Gasteiger charge is -2.09. The molecule has 4 N–H and O–H groups in total. The van der Waals surface area contributed by atoms with Crippen LogP contribution in [0.4, 0.5) is 11.4 Å². The number of hydrogen-bond donors (Lipinski definition) is 3. The second-order valence-electron chi connectivity index (χ2n) is 5.62. The smallest absolute Gasteiger partial charge is 0.279 e. The molecule has 1 amide bonds. The molecule has 0 aromatic heterocycles. The third kappa shape index (κ3) is 4.16. The Morgan fingerprint density at radius 3 is 2.70 bits per heavy atom. The lowest BCUT2D eigenvalue weighted by molar-refractivity contribution is -0.111. The highest BCUT2D eigenvalue weighted by molar-refractivity contribution is 9.10. The molecule has 0 spiro atoms. The normalized spacial score (nSPS) is 15.0. The van der Waals surface area contributed by atoms with Crippen molar-refractivity contribution in [2.75, 3.05) is 17.3 Å². The third-order valence-corrected chi connectivity index (χ3v) is 5.37. The van der Waals surface area contributed by atoms with Crippen LogP contribution in [0.2, 0.25) is 0 Å². The fourth-order valence-corrected chi connectivity index (χ4v) is 3.56. The number of primary sulfonamides is 1. The van der Waals surface area contributed by atoms with E-state index in [9.17, 15) is 13.2 Å². The predicted octanol–water partition coefficient (Wildman–Crippen LogP) is 1.76. The van der Waals surface area contributed by atoms with Crippen molar-refractivity contribution in [1.82, 2.24) is 5.43 Å². The number of thiocarbonyl (C=S) groups is 1. The van der Waals surface area contributed by atoms with Gasteiger partial charge in [0.05, 0.1) is 10.6 Å². The number of anilines is 2. The van der Waals surface area contributed by atoms with Crippen molar-refractivity contribution in [3.05, 3.63) is 52.5 Å². The molecule has 0 bridgehead atoms. The number of fused-ring (bicyclic) bond motifs is 1. The van der Waals surface area contributed by atoms with Crippen LogP contribution in [-0.2, 0) is 14.8 Å². The molecule has 0 radical (unpaired) electrons. The molecule has 8 nitrogen and oxygen atoms in total. The van der Waals surface area contributed by atoms with Crippen molar-refractivity contribution < 1.29 is 13.2 Å². The summed E-state index contributed by atoms with van der Waals surface area (Å²) in [6.45, 7) is 0. The molecular weight excluding hydrogens is 454 g/mol. The first-order valence-electron chi connectivity index (χ1n) is 7.52. The maximum atomic E-state index is 12.4. The van der Waals surface area contributed by atoms with E-state index in [0.29, 0.717) is 11.3 Å². The van der Waals surface area contributed by atoms with Crippen LogP contribution in [0.3, 0.4) is 0 Å². The Labute approximate surface area is 169 Å². The zero-order valence-corrected chi connectivity index (χ0v) is 17.2. The van der Waals surface area contributed by atoms with Crippen LogP contribution in [0.1, 0.15) is 5.56 Å². The van der Waals surface area contributed by atoms with Crippen LogP contribution in [-0.4, -0.2) is 32.2 Å². The molecule has 2 aromatic rings.